The Morgan fingerprint density at radius 3 is 2.67 bits per heavy atom. The second-order valence-electron chi connectivity index (χ2n) is 6.21. The number of carbonyl (C=O) groups is 2. The molecular weight excluding hydrogens is 357 g/mol. The first kappa shape index (κ1) is 20.3. The average molecular weight is 379 g/mol. The van der Waals surface area contributed by atoms with Crippen LogP contribution in [0.2, 0.25) is 0 Å². The number of nitrogens with zero attached hydrogens (tertiary/aromatic N) is 1. The molecule has 0 unspecified atom stereocenters. The van der Waals surface area contributed by atoms with Crippen molar-refractivity contribution in [2.45, 2.75) is 44.8 Å². The molecule has 1 aliphatic carbocycles. The van der Waals surface area contributed by atoms with E-state index in [1.807, 2.05) is 6.92 Å². The molecule has 27 heavy (non-hydrogen) atoms. The maximum absolute atomic E-state index is 13.1. The number of hydrogen-bond acceptors (Lipinski definition) is 5. The van der Waals surface area contributed by atoms with Crippen LogP contribution in [0.15, 0.2) is 24.3 Å². The van der Waals surface area contributed by atoms with Gasteiger partial charge in [-0.1, -0.05) is 0 Å². The van der Waals surface area contributed by atoms with Crippen molar-refractivity contribution in [2.75, 3.05) is 6.54 Å². The van der Waals surface area contributed by atoms with Crippen LogP contribution in [0.3, 0.4) is 0 Å². The van der Waals surface area contributed by atoms with E-state index in [0.717, 1.165) is 18.2 Å². The molecule has 1 aliphatic rings. The molecule has 0 aromatic heterocycles. The minimum atomic E-state index is -0.723. The van der Waals surface area contributed by atoms with E-state index in [0.29, 0.717) is 32.2 Å². The zero-order valence-electron chi connectivity index (χ0n) is 14.9. The highest BCUT2D eigenvalue weighted by Gasteiger charge is 2.24. The second kappa shape index (κ2) is 9.65. The predicted octanol–water partition coefficient (Wildman–Crippen LogP) is 2.92. The Bertz CT molecular complexity index is 730. The normalized spacial score (nSPS) is 19.5. The van der Waals surface area contributed by atoms with Gasteiger partial charge < -0.3 is 15.4 Å². The molecule has 0 bridgehead atoms. The summed E-state index contributed by atoms with van der Waals surface area (Å²) in [5, 5.41) is 16.5. The van der Waals surface area contributed by atoms with E-state index in [2.05, 4.69) is 10.6 Å². The Labute approximate surface area is 155 Å². The zero-order chi connectivity index (χ0) is 19.8. The first-order valence-electron chi connectivity index (χ1n) is 8.76. The lowest BCUT2D eigenvalue weighted by Gasteiger charge is -2.28. The molecule has 0 saturated heterocycles. The van der Waals surface area contributed by atoms with Crippen LogP contribution in [0.1, 0.15) is 38.2 Å². The summed E-state index contributed by atoms with van der Waals surface area (Å²) in [6.45, 7) is 2.39. The van der Waals surface area contributed by atoms with Gasteiger partial charge in [0.15, 0.2) is 0 Å². The van der Waals surface area contributed by atoms with Crippen LogP contribution < -0.4 is 10.6 Å². The van der Waals surface area contributed by atoms with Crippen LogP contribution in [0, 0.1) is 15.9 Å². The summed E-state index contributed by atoms with van der Waals surface area (Å²) < 4.78 is 18.5. The molecule has 0 radical (unpaired) electrons. The van der Waals surface area contributed by atoms with Gasteiger partial charge in [0.1, 0.15) is 11.9 Å². The molecule has 8 nitrogen and oxygen atoms in total. The third-order valence-electron chi connectivity index (χ3n) is 4.22. The van der Waals surface area contributed by atoms with Crippen LogP contribution in [0.4, 0.5) is 14.9 Å². The fourth-order valence-electron chi connectivity index (χ4n) is 2.90. The van der Waals surface area contributed by atoms with Gasteiger partial charge in [-0.15, -0.1) is 0 Å². The number of esters is 1. The maximum Gasteiger partial charge on any atom is 0.331 e. The SMILES string of the molecule is CCNC(=O)NC1CCC(OC(=O)C=Cc2ccc(F)cc2[N+](=O)[O-])CC1. The van der Waals surface area contributed by atoms with E-state index >= 15 is 0 Å². The van der Waals surface area contributed by atoms with Gasteiger partial charge in [0.05, 0.1) is 16.6 Å². The summed E-state index contributed by atoms with van der Waals surface area (Å²) in [6.07, 6.45) is 4.70. The highest BCUT2D eigenvalue weighted by atomic mass is 19.1. The lowest BCUT2D eigenvalue weighted by Crippen LogP contribution is -2.44. The Kier molecular flexibility index (Phi) is 7.27. The fourth-order valence-corrected chi connectivity index (χ4v) is 2.90. The number of carbonyl (C=O) groups excluding carboxylic acids is 2. The molecule has 2 rings (SSSR count). The molecule has 0 spiro atoms. The summed E-state index contributed by atoms with van der Waals surface area (Å²) in [6, 6.07) is 2.95. The summed E-state index contributed by atoms with van der Waals surface area (Å²) in [5.41, 5.74) is -0.302. The van der Waals surface area contributed by atoms with E-state index in [4.69, 9.17) is 4.74 Å². The van der Waals surface area contributed by atoms with Gasteiger partial charge >= 0.3 is 12.0 Å². The lowest BCUT2D eigenvalue weighted by atomic mass is 9.93. The van der Waals surface area contributed by atoms with E-state index in [1.54, 1.807) is 0 Å². The molecule has 9 heteroatoms. The Hall–Kier alpha value is -2.97. The third kappa shape index (κ3) is 6.36. The minimum absolute atomic E-state index is 0.0453. The fraction of sp³-hybridized carbons (Fsp3) is 0.444. The predicted molar refractivity (Wildman–Crippen MR) is 96.4 cm³/mol. The van der Waals surface area contributed by atoms with E-state index < -0.39 is 22.4 Å². The lowest BCUT2D eigenvalue weighted by molar-refractivity contribution is -0.385. The highest BCUT2D eigenvalue weighted by molar-refractivity contribution is 5.88. The molecule has 1 saturated carbocycles. The third-order valence-corrected chi connectivity index (χ3v) is 4.22. The number of rotatable bonds is 6. The van der Waals surface area contributed by atoms with Gasteiger partial charge in [-0.3, -0.25) is 10.1 Å². The summed E-state index contributed by atoms with van der Waals surface area (Å²) in [4.78, 5) is 33.7. The topological polar surface area (TPSA) is 111 Å². The molecule has 0 aliphatic heterocycles. The van der Waals surface area contributed by atoms with Gasteiger partial charge in [0.25, 0.3) is 5.69 Å². The Morgan fingerprint density at radius 2 is 2.04 bits per heavy atom. The van der Waals surface area contributed by atoms with Gasteiger partial charge in [-0.2, -0.15) is 0 Å². The number of amides is 2. The van der Waals surface area contributed by atoms with Crippen LogP contribution in [-0.4, -0.2) is 35.6 Å². The van der Waals surface area contributed by atoms with E-state index in [-0.39, 0.29) is 23.7 Å². The number of halogens is 1. The number of nitro benzene ring substituents is 1. The first-order chi connectivity index (χ1) is 12.9. The molecule has 146 valence electrons. The van der Waals surface area contributed by atoms with Crippen molar-refractivity contribution >= 4 is 23.8 Å². The van der Waals surface area contributed by atoms with Crippen LogP contribution in [-0.2, 0) is 9.53 Å². The zero-order valence-corrected chi connectivity index (χ0v) is 14.9. The Balaban J connectivity index is 1.84. The van der Waals surface area contributed by atoms with Crippen molar-refractivity contribution in [3.8, 4) is 0 Å². The number of nitrogens with one attached hydrogen (secondary N) is 2. The molecule has 1 fully saturated rings. The number of ether oxygens (including phenoxy) is 1. The first-order valence-corrected chi connectivity index (χ1v) is 8.76. The molecule has 0 atom stereocenters. The largest absolute Gasteiger partial charge is 0.459 e. The molecule has 1 aromatic carbocycles. The van der Waals surface area contributed by atoms with Crippen LogP contribution >= 0.6 is 0 Å². The quantitative estimate of drug-likeness (QED) is 0.342. The highest BCUT2D eigenvalue weighted by Crippen LogP contribution is 2.23. The number of nitro groups is 1. The summed E-state index contributed by atoms with van der Waals surface area (Å²) in [5.74, 6) is -1.34. The minimum Gasteiger partial charge on any atom is -0.459 e. The Morgan fingerprint density at radius 1 is 1.33 bits per heavy atom. The van der Waals surface area contributed by atoms with Gasteiger partial charge in [0.2, 0.25) is 0 Å². The van der Waals surface area contributed by atoms with Crippen LogP contribution in [0.5, 0.6) is 0 Å². The van der Waals surface area contributed by atoms with Crippen molar-refractivity contribution in [3.05, 3.63) is 45.8 Å². The average Bonchev–Trinajstić information content (AvgIpc) is 2.62. The molecular formula is C18H22FN3O5. The number of benzene rings is 1. The second-order valence-corrected chi connectivity index (χ2v) is 6.21. The van der Waals surface area contributed by atoms with E-state index in [9.17, 15) is 24.1 Å². The standard InChI is InChI=1S/C18H22FN3O5/c1-2-20-18(24)21-14-6-8-15(9-7-14)27-17(23)10-4-12-3-5-13(19)11-16(12)22(25)26/h3-5,10-11,14-15H,2,6-9H2,1H3,(H2,20,21,24). The molecule has 1 aromatic rings. The maximum atomic E-state index is 13.1. The van der Waals surface area contributed by atoms with Crippen LogP contribution in [0.25, 0.3) is 6.08 Å². The smallest absolute Gasteiger partial charge is 0.331 e. The number of hydrogen-bond donors (Lipinski definition) is 2. The van der Waals surface area contributed by atoms with Crippen molar-refractivity contribution in [1.29, 1.82) is 0 Å². The van der Waals surface area contributed by atoms with Gasteiger partial charge in [0, 0.05) is 18.7 Å². The van der Waals surface area contributed by atoms with Crippen molar-refractivity contribution < 1.29 is 23.6 Å². The van der Waals surface area contributed by atoms with Gasteiger partial charge in [-0.05, 0) is 50.8 Å². The van der Waals surface area contributed by atoms with Gasteiger partial charge in [-0.25, -0.2) is 14.0 Å². The van der Waals surface area contributed by atoms with Crippen molar-refractivity contribution in [2.24, 2.45) is 0 Å². The van der Waals surface area contributed by atoms with Crippen molar-refractivity contribution in [3.63, 3.8) is 0 Å². The van der Waals surface area contributed by atoms with Crippen molar-refractivity contribution in [1.82, 2.24) is 10.6 Å². The molecule has 2 N–H and O–H groups in total. The number of urea groups is 1. The molecule has 2 amide bonds. The summed E-state index contributed by atoms with van der Waals surface area (Å²) in [7, 11) is 0. The molecule has 0 heterocycles. The van der Waals surface area contributed by atoms with E-state index in [1.165, 1.54) is 12.1 Å². The summed E-state index contributed by atoms with van der Waals surface area (Å²) >= 11 is 0. The monoisotopic (exact) mass is 379 g/mol.